The molecule has 0 aliphatic carbocycles. The van der Waals surface area contributed by atoms with Crippen molar-refractivity contribution in [2.45, 2.75) is 6.92 Å². The molecule has 0 spiro atoms. The van der Waals surface area contributed by atoms with Gasteiger partial charge in [-0.2, -0.15) is 0 Å². The van der Waals surface area contributed by atoms with Crippen molar-refractivity contribution >= 4 is 28.1 Å². The molecule has 0 radical (unpaired) electrons. The van der Waals surface area contributed by atoms with Crippen molar-refractivity contribution in [2.24, 2.45) is 0 Å². The molecule has 0 aliphatic heterocycles. The second-order valence-corrected chi connectivity index (χ2v) is 6.60. The van der Waals surface area contributed by atoms with E-state index in [1.165, 1.54) is 0 Å². The highest BCUT2D eigenvalue weighted by Crippen LogP contribution is 2.28. The number of para-hydroxylation sites is 2. The van der Waals surface area contributed by atoms with Gasteiger partial charge in [0.15, 0.2) is 17.1 Å². The van der Waals surface area contributed by atoms with Crippen LogP contribution in [0.15, 0.2) is 78.9 Å². The first-order valence-corrected chi connectivity index (χ1v) is 9.03. The van der Waals surface area contributed by atoms with Crippen LogP contribution < -0.4 is 0 Å². The lowest BCUT2D eigenvalue weighted by Crippen LogP contribution is -2.00. The number of benzene rings is 3. The summed E-state index contributed by atoms with van der Waals surface area (Å²) in [4.78, 5) is 26.0. The first kappa shape index (κ1) is 16.3. The second kappa shape index (κ2) is 6.39. The van der Waals surface area contributed by atoms with Crippen molar-refractivity contribution in [1.82, 2.24) is 19.5 Å². The predicted molar refractivity (Wildman–Crippen MR) is 110 cm³/mol. The maximum atomic E-state index is 11.6. The lowest BCUT2D eigenvalue weighted by atomic mass is 10.1. The molecule has 3 aromatic carbocycles. The first-order valence-electron chi connectivity index (χ1n) is 9.03. The van der Waals surface area contributed by atoms with E-state index in [4.69, 9.17) is 15.0 Å². The van der Waals surface area contributed by atoms with Crippen molar-refractivity contribution in [2.75, 3.05) is 0 Å². The van der Waals surface area contributed by atoms with Crippen LogP contribution in [0.5, 0.6) is 0 Å². The zero-order chi connectivity index (χ0) is 19.1. The van der Waals surface area contributed by atoms with Gasteiger partial charge in [-0.15, -0.1) is 0 Å². The maximum Gasteiger partial charge on any atom is 0.199 e. The van der Waals surface area contributed by atoms with E-state index in [1.807, 2.05) is 83.4 Å². The highest BCUT2D eigenvalue weighted by molar-refractivity contribution is 5.94. The number of carbonyl (C=O) groups is 1. The number of Topliss-reactive ketones (excluding diaryl/α,β-unsaturated/α-hetero) is 1. The Balaban J connectivity index is 1.83. The smallest absolute Gasteiger partial charge is 0.199 e. The highest BCUT2D eigenvalue weighted by atomic mass is 16.1. The van der Waals surface area contributed by atoms with Crippen molar-refractivity contribution in [3.05, 3.63) is 84.4 Å². The third-order valence-corrected chi connectivity index (χ3v) is 4.73. The fraction of sp³-hybridized carbons (Fsp3) is 0.0435. The normalized spacial score (nSPS) is 11.2. The fourth-order valence-corrected chi connectivity index (χ4v) is 3.33. The molecule has 0 unspecified atom stereocenters. The number of hydrogen-bond donors (Lipinski definition) is 0. The number of aromatic nitrogens is 4. The van der Waals surface area contributed by atoms with E-state index in [0.717, 1.165) is 28.1 Å². The van der Waals surface area contributed by atoms with Crippen LogP contribution in [0, 0.1) is 0 Å². The van der Waals surface area contributed by atoms with Gasteiger partial charge < -0.3 is 0 Å². The molecule has 28 heavy (non-hydrogen) atoms. The van der Waals surface area contributed by atoms with Crippen molar-refractivity contribution in [1.29, 1.82) is 0 Å². The molecule has 0 aliphatic rings. The molecule has 5 rings (SSSR count). The molecule has 0 saturated heterocycles. The molecular formula is C23H16N4O. The summed E-state index contributed by atoms with van der Waals surface area (Å²) >= 11 is 0. The number of rotatable bonds is 3. The van der Waals surface area contributed by atoms with Crippen LogP contribution in [0.25, 0.3) is 39.4 Å². The molecule has 5 heteroatoms. The van der Waals surface area contributed by atoms with Crippen molar-refractivity contribution in [3.8, 4) is 17.1 Å². The molecule has 0 saturated carbocycles. The number of fused-ring (bicyclic) bond motifs is 2. The van der Waals surface area contributed by atoms with Crippen LogP contribution in [-0.2, 0) is 0 Å². The summed E-state index contributed by atoms with van der Waals surface area (Å²) in [5.41, 5.74) is 5.44. The lowest BCUT2D eigenvalue weighted by molar-refractivity contribution is 0.101. The van der Waals surface area contributed by atoms with Crippen LogP contribution in [0.1, 0.15) is 17.3 Å². The lowest BCUT2D eigenvalue weighted by Gasteiger charge is -2.09. The molecule has 134 valence electrons. The molecule has 0 fully saturated rings. The Morgan fingerprint density at radius 3 is 2.07 bits per heavy atom. The van der Waals surface area contributed by atoms with E-state index in [2.05, 4.69) is 0 Å². The molecular weight excluding hydrogens is 348 g/mol. The van der Waals surface area contributed by atoms with Gasteiger partial charge in [0.25, 0.3) is 0 Å². The van der Waals surface area contributed by atoms with Gasteiger partial charge in [0, 0.05) is 16.8 Å². The Kier molecular flexibility index (Phi) is 3.72. The topological polar surface area (TPSA) is 60.7 Å². The third-order valence-electron chi connectivity index (χ3n) is 4.73. The van der Waals surface area contributed by atoms with Crippen molar-refractivity contribution < 1.29 is 4.79 Å². The van der Waals surface area contributed by atoms with Crippen molar-refractivity contribution in [3.63, 3.8) is 0 Å². The second-order valence-electron chi connectivity index (χ2n) is 6.60. The van der Waals surface area contributed by atoms with Crippen LogP contribution in [0.3, 0.4) is 0 Å². The molecule has 2 aromatic heterocycles. The Bertz CT molecular complexity index is 1320. The summed E-state index contributed by atoms with van der Waals surface area (Å²) in [6, 6.07) is 25.2. The van der Waals surface area contributed by atoms with E-state index in [1.54, 1.807) is 6.92 Å². The highest BCUT2D eigenvalue weighted by Gasteiger charge is 2.17. The summed E-state index contributed by atoms with van der Waals surface area (Å²) in [5.74, 6) is 0.803. The van der Waals surface area contributed by atoms with Gasteiger partial charge in [-0.25, -0.2) is 15.0 Å². The molecule has 5 nitrogen and oxygen atoms in total. The third kappa shape index (κ3) is 2.65. The minimum atomic E-state index is 0.0381. The molecule has 2 heterocycles. The molecule has 0 N–H and O–H groups in total. The minimum absolute atomic E-state index is 0.0381. The van der Waals surface area contributed by atoms with Gasteiger partial charge in [0.2, 0.25) is 0 Å². The van der Waals surface area contributed by atoms with Gasteiger partial charge in [-0.3, -0.25) is 9.36 Å². The van der Waals surface area contributed by atoms with Gasteiger partial charge >= 0.3 is 0 Å². The molecule has 5 aromatic rings. The summed E-state index contributed by atoms with van der Waals surface area (Å²) in [6.07, 6.45) is 0. The number of ketones is 1. The van der Waals surface area contributed by atoms with Crippen LogP contribution in [-0.4, -0.2) is 25.3 Å². The summed E-state index contributed by atoms with van der Waals surface area (Å²) < 4.78 is 1.99. The fourth-order valence-electron chi connectivity index (χ4n) is 3.33. The van der Waals surface area contributed by atoms with E-state index >= 15 is 0 Å². The SMILES string of the molecule is CC(=O)c1ccc(-n2c(-c3ccccc3)nc3nc4ccccc4nc32)cc1. The number of carbonyl (C=O) groups excluding carboxylic acids is 1. The summed E-state index contributed by atoms with van der Waals surface area (Å²) in [7, 11) is 0. The van der Waals surface area contributed by atoms with Gasteiger partial charge in [0.05, 0.1) is 11.0 Å². The van der Waals surface area contributed by atoms with Crippen LogP contribution in [0.4, 0.5) is 0 Å². The molecule has 0 amide bonds. The Morgan fingerprint density at radius 1 is 0.750 bits per heavy atom. The van der Waals surface area contributed by atoms with E-state index in [0.29, 0.717) is 16.9 Å². The van der Waals surface area contributed by atoms with Crippen LogP contribution >= 0.6 is 0 Å². The quantitative estimate of drug-likeness (QED) is 0.430. The van der Waals surface area contributed by atoms with E-state index < -0.39 is 0 Å². The molecule has 0 atom stereocenters. The zero-order valence-corrected chi connectivity index (χ0v) is 15.2. The van der Waals surface area contributed by atoms with Crippen LogP contribution in [0.2, 0.25) is 0 Å². The summed E-state index contributed by atoms with van der Waals surface area (Å²) in [6.45, 7) is 1.56. The van der Waals surface area contributed by atoms with E-state index in [9.17, 15) is 4.79 Å². The molecule has 0 bridgehead atoms. The van der Waals surface area contributed by atoms with Gasteiger partial charge in [-0.1, -0.05) is 42.5 Å². The first-order chi connectivity index (χ1) is 13.7. The average molecular weight is 364 g/mol. The monoisotopic (exact) mass is 364 g/mol. The Hall–Kier alpha value is -3.86. The minimum Gasteiger partial charge on any atom is -0.295 e. The maximum absolute atomic E-state index is 11.6. The van der Waals surface area contributed by atoms with Gasteiger partial charge in [0.1, 0.15) is 5.82 Å². The Morgan fingerprint density at radius 2 is 1.39 bits per heavy atom. The zero-order valence-electron chi connectivity index (χ0n) is 15.2. The average Bonchev–Trinajstić information content (AvgIpc) is 3.11. The predicted octanol–water partition coefficient (Wildman–Crippen LogP) is 4.84. The number of nitrogens with zero attached hydrogens (tertiary/aromatic N) is 4. The number of hydrogen-bond acceptors (Lipinski definition) is 4. The van der Waals surface area contributed by atoms with Gasteiger partial charge in [-0.05, 0) is 43.3 Å². The standard InChI is InChI=1S/C23H16N4O/c1-15(28)16-11-13-18(14-12-16)27-22(17-7-3-2-4-8-17)26-21-23(27)25-20-10-6-5-9-19(20)24-21/h2-14H,1H3. The number of imidazole rings is 1. The van der Waals surface area contributed by atoms with E-state index in [-0.39, 0.29) is 5.78 Å². The summed E-state index contributed by atoms with van der Waals surface area (Å²) in [5, 5.41) is 0. The Labute approximate surface area is 161 Å². The largest absolute Gasteiger partial charge is 0.295 e.